The fourth-order valence-corrected chi connectivity index (χ4v) is 3.02. The minimum atomic E-state index is -3.02. The number of benzene rings is 2. The van der Waals surface area contributed by atoms with Crippen LogP contribution in [0.25, 0.3) is 10.9 Å². The Bertz CT molecular complexity index is 1040. The van der Waals surface area contributed by atoms with Crippen LogP contribution in [-0.4, -0.2) is 37.1 Å². The lowest BCUT2D eigenvalue weighted by Gasteiger charge is -2.11. The van der Waals surface area contributed by atoms with E-state index >= 15 is 0 Å². The van der Waals surface area contributed by atoms with Crippen LogP contribution in [0.2, 0.25) is 0 Å². The van der Waals surface area contributed by atoms with E-state index in [1.165, 1.54) is 25.3 Å². The van der Waals surface area contributed by atoms with E-state index in [0.29, 0.717) is 5.56 Å². The molecule has 3 rings (SSSR count). The van der Waals surface area contributed by atoms with Gasteiger partial charge in [0.1, 0.15) is 0 Å². The van der Waals surface area contributed by atoms with Gasteiger partial charge in [-0.2, -0.15) is 8.78 Å². The van der Waals surface area contributed by atoms with Crippen LogP contribution in [0.1, 0.15) is 33.2 Å². The van der Waals surface area contributed by atoms with E-state index in [2.05, 4.69) is 9.72 Å². The predicted octanol–water partition coefficient (Wildman–Crippen LogP) is 4.38. The number of H-pyrrole nitrogens is 1. The van der Waals surface area contributed by atoms with Gasteiger partial charge in [0.05, 0.1) is 12.7 Å². The van der Waals surface area contributed by atoms with Gasteiger partial charge in [-0.1, -0.05) is 25.1 Å². The average Bonchev–Trinajstić information content (AvgIpc) is 3.16. The SMILES string of the molecule is CCc1cccc2c(C(=O)COC(=O)c3ccc(OC(F)F)c(OC)c3)c[nH]c12. The van der Waals surface area contributed by atoms with Crippen LogP contribution in [0.15, 0.2) is 42.6 Å². The Labute approximate surface area is 165 Å². The number of ether oxygens (including phenoxy) is 3. The zero-order chi connectivity index (χ0) is 21.0. The zero-order valence-corrected chi connectivity index (χ0v) is 15.8. The third-order valence-electron chi connectivity index (χ3n) is 4.43. The summed E-state index contributed by atoms with van der Waals surface area (Å²) in [4.78, 5) is 27.9. The molecule has 6 nitrogen and oxygen atoms in total. The van der Waals surface area contributed by atoms with Gasteiger partial charge in [0, 0.05) is 22.7 Å². The first-order valence-corrected chi connectivity index (χ1v) is 8.86. The van der Waals surface area contributed by atoms with Crippen molar-refractivity contribution in [2.24, 2.45) is 0 Å². The number of methoxy groups -OCH3 is 1. The van der Waals surface area contributed by atoms with Gasteiger partial charge in [-0.3, -0.25) is 4.79 Å². The molecule has 0 aliphatic rings. The molecular weight excluding hydrogens is 384 g/mol. The first-order valence-electron chi connectivity index (χ1n) is 8.86. The highest BCUT2D eigenvalue weighted by molar-refractivity contribution is 6.09. The zero-order valence-electron chi connectivity index (χ0n) is 15.8. The number of carbonyl (C=O) groups is 2. The molecule has 1 heterocycles. The summed E-state index contributed by atoms with van der Waals surface area (Å²) in [7, 11) is 1.26. The lowest BCUT2D eigenvalue weighted by Crippen LogP contribution is -2.14. The molecule has 0 bridgehead atoms. The van der Waals surface area contributed by atoms with Gasteiger partial charge in [0.25, 0.3) is 0 Å². The fraction of sp³-hybridized carbons (Fsp3) is 0.238. The summed E-state index contributed by atoms with van der Waals surface area (Å²) in [6.45, 7) is -1.46. The van der Waals surface area contributed by atoms with Gasteiger partial charge < -0.3 is 19.2 Å². The summed E-state index contributed by atoms with van der Waals surface area (Å²) in [5, 5.41) is 0.764. The topological polar surface area (TPSA) is 77.6 Å². The Morgan fingerprint density at radius 3 is 2.62 bits per heavy atom. The Morgan fingerprint density at radius 1 is 1.14 bits per heavy atom. The van der Waals surface area contributed by atoms with E-state index in [0.717, 1.165) is 22.9 Å². The Kier molecular flexibility index (Phi) is 6.11. The molecule has 1 aromatic heterocycles. The highest BCUT2D eigenvalue weighted by Crippen LogP contribution is 2.30. The second-order valence-corrected chi connectivity index (χ2v) is 6.14. The molecule has 2 aromatic carbocycles. The van der Waals surface area contributed by atoms with Crippen LogP contribution in [0.4, 0.5) is 8.78 Å². The molecule has 0 radical (unpaired) electrons. The van der Waals surface area contributed by atoms with Crippen molar-refractivity contribution in [2.75, 3.05) is 13.7 Å². The van der Waals surface area contributed by atoms with Crippen LogP contribution >= 0.6 is 0 Å². The number of hydrogen-bond donors (Lipinski definition) is 1. The number of carbonyl (C=O) groups excluding carboxylic acids is 2. The number of aromatic amines is 1. The minimum absolute atomic E-state index is 0.0449. The van der Waals surface area contributed by atoms with Gasteiger partial charge in [-0.15, -0.1) is 0 Å². The van der Waals surface area contributed by atoms with Crippen molar-refractivity contribution in [3.05, 3.63) is 59.3 Å². The first kappa shape index (κ1) is 20.3. The van der Waals surface area contributed by atoms with E-state index in [-0.39, 0.29) is 22.8 Å². The van der Waals surface area contributed by atoms with E-state index in [9.17, 15) is 18.4 Å². The van der Waals surface area contributed by atoms with E-state index in [1.807, 2.05) is 25.1 Å². The van der Waals surface area contributed by atoms with Gasteiger partial charge in [-0.05, 0) is 30.2 Å². The lowest BCUT2D eigenvalue weighted by molar-refractivity contribution is -0.0512. The van der Waals surface area contributed by atoms with Crippen LogP contribution < -0.4 is 9.47 Å². The normalized spacial score (nSPS) is 10.9. The number of aromatic nitrogens is 1. The number of hydrogen-bond acceptors (Lipinski definition) is 5. The summed E-state index contributed by atoms with van der Waals surface area (Å²) < 4.78 is 39.1. The molecule has 0 aliphatic carbocycles. The number of nitrogens with one attached hydrogen (secondary N) is 1. The highest BCUT2D eigenvalue weighted by atomic mass is 19.3. The van der Waals surface area contributed by atoms with Crippen LogP contribution in [0.3, 0.4) is 0 Å². The number of para-hydroxylation sites is 1. The minimum Gasteiger partial charge on any atom is -0.493 e. The molecule has 0 saturated carbocycles. The Balaban J connectivity index is 1.71. The predicted molar refractivity (Wildman–Crippen MR) is 102 cm³/mol. The highest BCUT2D eigenvalue weighted by Gasteiger charge is 2.18. The number of rotatable bonds is 8. The fourth-order valence-electron chi connectivity index (χ4n) is 3.02. The summed E-state index contributed by atoms with van der Waals surface area (Å²) in [5.41, 5.74) is 2.44. The van der Waals surface area contributed by atoms with Gasteiger partial charge in [0.2, 0.25) is 5.78 Å². The summed E-state index contributed by atoms with van der Waals surface area (Å²) in [6, 6.07) is 9.31. The van der Waals surface area contributed by atoms with Crippen molar-refractivity contribution in [3.63, 3.8) is 0 Å². The van der Waals surface area contributed by atoms with E-state index in [1.54, 1.807) is 6.20 Å². The maximum Gasteiger partial charge on any atom is 0.387 e. The van der Waals surface area contributed by atoms with Gasteiger partial charge in [-0.25, -0.2) is 4.79 Å². The molecule has 0 unspecified atom stereocenters. The van der Waals surface area contributed by atoms with Crippen molar-refractivity contribution >= 4 is 22.7 Å². The summed E-state index contributed by atoms with van der Waals surface area (Å²) >= 11 is 0. The summed E-state index contributed by atoms with van der Waals surface area (Å²) in [6.07, 6.45) is 2.41. The third-order valence-corrected chi connectivity index (χ3v) is 4.43. The van der Waals surface area contributed by atoms with Crippen LogP contribution in [-0.2, 0) is 11.2 Å². The van der Waals surface area contributed by atoms with E-state index < -0.39 is 19.2 Å². The number of Topliss-reactive ketones (excluding diaryl/α,β-unsaturated/α-hetero) is 1. The Morgan fingerprint density at radius 2 is 1.93 bits per heavy atom. The standard InChI is InChI=1S/C21H19F2NO5/c1-3-12-5-4-6-14-15(10-24-19(12)14)16(25)11-28-20(26)13-7-8-17(29-21(22)23)18(9-13)27-2/h4-10,21,24H,3,11H2,1-2H3. The molecule has 8 heteroatoms. The molecule has 152 valence electrons. The van der Waals surface area contributed by atoms with Gasteiger partial charge in [0.15, 0.2) is 18.1 Å². The lowest BCUT2D eigenvalue weighted by atomic mass is 10.1. The molecule has 3 aromatic rings. The smallest absolute Gasteiger partial charge is 0.387 e. The molecular formula is C21H19F2NO5. The third kappa shape index (κ3) is 4.37. The first-order chi connectivity index (χ1) is 13.9. The average molecular weight is 403 g/mol. The maximum absolute atomic E-state index is 12.5. The second-order valence-electron chi connectivity index (χ2n) is 6.14. The maximum atomic E-state index is 12.5. The molecule has 0 atom stereocenters. The second kappa shape index (κ2) is 8.72. The van der Waals surface area contributed by atoms with Crippen molar-refractivity contribution in [1.29, 1.82) is 0 Å². The molecule has 0 amide bonds. The number of alkyl halides is 2. The number of fused-ring (bicyclic) bond motifs is 1. The monoisotopic (exact) mass is 403 g/mol. The van der Waals surface area contributed by atoms with Crippen molar-refractivity contribution < 1.29 is 32.6 Å². The summed E-state index contributed by atoms with van der Waals surface area (Å²) in [5.74, 6) is -1.40. The van der Waals surface area contributed by atoms with Crippen LogP contribution in [0.5, 0.6) is 11.5 Å². The van der Waals surface area contributed by atoms with Crippen LogP contribution in [0, 0.1) is 0 Å². The van der Waals surface area contributed by atoms with Crippen molar-refractivity contribution in [1.82, 2.24) is 4.98 Å². The van der Waals surface area contributed by atoms with E-state index in [4.69, 9.17) is 9.47 Å². The largest absolute Gasteiger partial charge is 0.493 e. The Hall–Kier alpha value is -3.42. The molecule has 0 spiro atoms. The molecule has 1 N–H and O–H groups in total. The number of esters is 1. The molecule has 0 aliphatic heterocycles. The molecule has 0 saturated heterocycles. The quantitative estimate of drug-likeness (QED) is 0.446. The van der Waals surface area contributed by atoms with Crippen molar-refractivity contribution in [3.8, 4) is 11.5 Å². The molecule has 29 heavy (non-hydrogen) atoms. The number of halogens is 2. The van der Waals surface area contributed by atoms with Crippen molar-refractivity contribution in [2.45, 2.75) is 20.0 Å². The number of ketones is 1. The number of aryl methyl sites for hydroxylation is 1. The van der Waals surface area contributed by atoms with Gasteiger partial charge >= 0.3 is 12.6 Å². The molecule has 0 fully saturated rings.